The van der Waals surface area contributed by atoms with Crippen molar-refractivity contribution in [2.75, 3.05) is 18.1 Å². The van der Waals surface area contributed by atoms with Crippen molar-refractivity contribution in [2.24, 2.45) is 11.5 Å². The van der Waals surface area contributed by atoms with Gasteiger partial charge >= 0.3 is 0 Å². The zero-order chi connectivity index (χ0) is 12.7. The summed E-state index contributed by atoms with van der Waals surface area (Å²) in [7, 11) is 0. The topological polar surface area (TPSA) is 89.3 Å². The van der Waals surface area contributed by atoms with Crippen molar-refractivity contribution in [1.29, 1.82) is 0 Å². The van der Waals surface area contributed by atoms with E-state index in [1.165, 1.54) is 0 Å². The highest BCUT2D eigenvalue weighted by atomic mass is 32.2. The van der Waals surface area contributed by atoms with E-state index >= 15 is 0 Å². The van der Waals surface area contributed by atoms with E-state index in [0.717, 1.165) is 5.56 Å². The lowest BCUT2D eigenvalue weighted by Crippen LogP contribution is -2.49. The van der Waals surface area contributed by atoms with Gasteiger partial charge in [0, 0.05) is 5.75 Å². The first-order valence-corrected chi connectivity index (χ1v) is 6.59. The lowest BCUT2D eigenvalue weighted by Gasteiger charge is -2.26. The average molecular weight is 254 g/mol. The van der Waals surface area contributed by atoms with Crippen LogP contribution in [-0.4, -0.2) is 29.1 Å². The summed E-state index contributed by atoms with van der Waals surface area (Å²) in [4.78, 5) is 11.5. The van der Waals surface area contributed by atoms with Crippen molar-refractivity contribution in [3.8, 4) is 0 Å². The lowest BCUT2D eigenvalue weighted by molar-refractivity contribution is -0.123. The smallest absolute Gasteiger partial charge is 0.242 e. The van der Waals surface area contributed by atoms with Gasteiger partial charge in [0.25, 0.3) is 0 Å². The SMILES string of the molecule is NC(=O)C(N)(CCSCCO)c1ccccc1. The van der Waals surface area contributed by atoms with Gasteiger partial charge in [0.05, 0.1) is 6.61 Å². The van der Waals surface area contributed by atoms with Crippen molar-refractivity contribution < 1.29 is 9.90 Å². The molecule has 0 heterocycles. The summed E-state index contributed by atoms with van der Waals surface area (Å²) in [5.41, 5.74) is 11.1. The normalized spacial score (nSPS) is 14.2. The first-order chi connectivity index (χ1) is 8.11. The third-order valence-corrected chi connectivity index (χ3v) is 3.57. The molecule has 0 bridgehead atoms. The third kappa shape index (κ3) is 3.73. The maximum Gasteiger partial charge on any atom is 0.242 e. The first kappa shape index (κ1) is 14.0. The van der Waals surface area contributed by atoms with Crippen LogP contribution in [0.5, 0.6) is 0 Å². The van der Waals surface area contributed by atoms with Crippen LogP contribution in [0.3, 0.4) is 0 Å². The summed E-state index contributed by atoms with van der Waals surface area (Å²) in [6.07, 6.45) is 0.469. The molecular formula is C12H18N2O2S. The number of aliphatic hydroxyl groups excluding tert-OH is 1. The number of aliphatic hydroxyl groups is 1. The van der Waals surface area contributed by atoms with Gasteiger partial charge < -0.3 is 16.6 Å². The van der Waals surface area contributed by atoms with Crippen molar-refractivity contribution in [3.63, 3.8) is 0 Å². The Labute approximate surface area is 105 Å². The molecule has 5 heteroatoms. The summed E-state index contributed by atoms with van der Waals surface area (Å²) < 4.78 is 0. The minimum atomic E-state index is -1.12. The molecule has 5 N–H and O–H groups in total. The Bertz CT molecular complexity index is 359. The number of benzene rings is 1. The standard InChI is InChI=1S/C12H18N2O2S/c13-11(16)12(14,6-8-17-9-7-15)10-4-2-1-3-5-10/h1-5,15H,6-9,14H2,(H2,13,16). The molecule has 0 saturated carbocycles. The number of rotatable bonds is 7. The van der Waals surface area contributed by atoms with E-state index in [-0.39, 0.29) is 6.61 Å². The maximum absolute atomic E-state index is 11.5. The molecule has 17 heavy (non-hydrogen) atoms. The number of carbonyl (C=O) groups excluding carboxylic acids is 1. The first-order valence-electron chi connectivity index (χ1n) is 5.44. The fourth-order valence-electron chi connectivity index (χ4n) is 1.55. The van der Waals surface area contributed by atoms with Gasteiger partial charge in [0.15, 0.2) is 0 Å². The van der Waals surface area contributed by atoms with E-state index in [1.54, 1.807) is 11.8 Å². The van der Waals surface area contributed by atoms with Crippen LogP contribution < -0.4 is 11.5 Å². The van der Waals surface area contributed by atoms with Crippen LogP contribution in [0.4, 0.5) is 0 Å². The molecule has 0 aliphatic heterocycles. The van der Waals surface area contributed by atoms with Crippen LogP contribution in [0.1, 0.15) is 12.0 Å². The summed E-state index contributed by atoms with van der Waals surface area (Å²) in [5, 5.41) is 8.68. The van der Waals surface area contributed by atoms with Gasteiger partial charge in [-0.05, 0) is 17.7 Å². The van der Waals surface area contributed by atoms with Crippen molar-refractivity contribution in [3.05, 3.63) is 35.9 Å². The Balaban J connectivity index is 2.73. The van der Waals surface area contributed by atoms with Gasteiger partial charge in [0.1, 0.15) is 5.54 Å². The molecule has 1 amide bonds. The minimum Gasteiger partial charge on any atom is -0.396 e. The number of carbonyl (C=O) groups is 1. The molecule has 0 saturated heterocycles. The molecule has 1 rings (SSSR count). The second-order valence-electron chi connectivity index (χ2n) is 3.79. The highest BCUT2D eigenvalue weighted by molar-refractivity contribution is 7.99. The van der Waals surface area contributed by atoms with Gasteiger partial charge in [0.2, 0.25) is 5.91 Å². The van der Waals surface area contributed by atoms with E-state index in [1.807, 2.05) is 30.3 Å². The molecular weight excluding hydrogens is 236 g/mol. The summed E-state index contributed by atoms with van der Waals surface area (Å²) in [6, 6.07) is 9.15. The Morgan fingerprint density at radius 3 is 2.47 bits per heavy atom. The van der Waals surface area contributed by atoms with E-state index in [0.29, 0.717) is 17.9 Å². The third-order valence-electron chi connectivity index (χ3n) is 2.60. The van der Waals surface area contributed by atoms with Gasteiger partial charge in [-0.3, -0.25) is 4.79 Å². The molecule has 94 valence electrons. The average Bonchev–Trinajstić information content (AvgIpc) is 2.35. The quantitative estimate of drug-likeness (QED) is 0.616. The van der Waals surface area contributed by atoms with Gasteiger partial charge in [-0.2, -0.15) is 11.8 Å². The van der Waals surface area contributed by atoms with Gasteiger partial charge in [-0.25, -0.2) is 0 Å². The van der Waals surface area contributed by atoms with Crippen molar-refractivity contribution in [1.82, 2.24) is 0 Å². The van der Waals surface area contributed by atoms with Crippen molar-refractivity contribution >= 4 is 17.7 Å². The summed E-state index contributed by atoms with van der Waals surface area (Å²) in [6.45, 7) is 0.129. The largest absolute Gasteiger partial charge is 0.396 e. The molecule has 0 aromatic heterocycles. The fourth-order valence-corrected chi connectivity index (χ4v) is 2.34. The van der Waals surface area contributed by atoms with Crippen LogP contribution >= 0.6 is 11.8 Å². The second-order valence-corrected chi connectivity index (χ2v) is 5.01. The zero-order valence-electron chi connectivity index (χ0n) is 9.63. The van der Waals surface area contributed by atoms with Crippen LogP contribution in [0.2, 0.25) is 0 Å². The van der Waals surface area contributed by atoms with Gasteiger partial charge in [-0.15, -0.1) is 0 Å². The van der Waals surface area contributed by atoms with Crippen molar-refractivity contribution in [2.45, 2.75) is 12.0 Å². The molecule has 0 spiro atoms. The predicted molar refractivity (Wildman–Crippen MR) is 70.5 cm³/mol. The van der Waals surface area contributed by atoms with Crippen LogP contribution in [0.25, 0.3) is 0 Å². The maximum atomic E-state index is 11.5. The fraction of sp³-hybridized carbons (Fsp3) is 0.417. The predicted octanol–water partition coefficient (Wildman–Crippen LogP) is 0.442. The Morgan fingerprint density at radius 2 is 1.94 bits per heavy atom. The highest BCUT2D eigenvalue weighted by Gasteiger charge is 2.33. The van der Waals surface area contributed by atoms with E-state index in [4.69, 9.17) is 16.6 Å². The number of primary amides is 1. The molecule has 1 atom stereocenters. The number of nitrogens with two attached hydrogens (primary N) is 2. The molecule has 0 radical (unpaired) electrons. The number of thioether (sulfide) groups is 1. The highest BCUT2D eigenvalue weighted by Crippen LogP contribution is 2.23. The summed E-state index contributed by atoms with van der Waals surface area (Å²) in [5.74, 6) is 0.812. The zero-order valence-corrected chi connectivity index (χ0v) is 10.5. The second kappa shape index (κ2) is 6.64. The number of amides is 1. The lowest BCUT2D eigenvalue weighted by atomic mass is 9.88. The Kier molecular flexibility index (Phi) is 5.47. The van der Waals surface area contributed by atoms with E-state index < -0.39 is 11.4 Å². The molecule has 1 aromatic rings. The Morgan fingerprint density at radius 1 is 1.29 bits per heavy atom. The van der Waals surface area contributed by atoms with E-state index in [2.05, 4.69) is 0 Å². The number of hydrogen-bond acceptors (Lipinski definition) is 4. The molecule has 4 nitrogen and oxygen atoms in total. The molecule has 1 aromatic carbocycles. The number of hydrogen-bond donors (Lipinski definition) is 3. The Hall–Kier alpha value is -1.04. The van der Waals surface area contributed by atoms with Crippen LogP contribution in [0, 0.1) is 0 Å². The molecule has 0 fully saturated rings. The minimum absolute atomic E-state index is 0.129. The molecule has 0 aliphatic carbocycles. The van der Waals surface area contributed by atoms with Crippen LogP contribution in [-0.2, 0) is 10.3 Å². The van der Waals surface area contributed by atoms with Gasteiger partial charge in [-0.1, -0.05) is 30.3 Å². The van der Waals surface area contributed by atoms with Crippen LogP contribution in [0.15, 0.2) is 30.3 Å². The molecule has 0 aliphatic rings. The van der Waals surface area contributed by atoms with E-state index in [9.17, 15) is 4.79 Å². The monoisotopic (exact) mass is 254 g/mol. The summed E-state index contributed by atoms with van der Waals surface area (Å²) >= 11 is 1.55. The molecule has 1 unspecified atom stereocenters.